The lowest BCUT2D eigenvalue weighted by atomic mass is 10.2. The molecule has 28 heavy (non-hydrogen) atoms. The number of hydrogen-bond donors (Lipinski definition) is 1. The number of benzene rings is 2. The first-order chi connectivity index (χ1) is 13.0. The highest BCUT2D eigenvalue weighted by Gasteiger charge is 2.35. The lowest BCUT2D eigenvalue weighted by Gasteiger charge is -2.10. The van der Waals surface area contributed by atoms with E-state index in [0.29, 0.717) is 16.8 Å². The summed E-state index contributed by atoms with van der Waals surface area (Å²) in [5, 5.41) is 3.59. The number of nitrogens with two attached hydrogens (primary N) is 1. The lowest BCUT2D eigenvalue weighted by molar-refractivity contribution is -0.143. The van der Waals surface area contributed by atoms with Gasteiger partial charge in [-0.3, -0.25) is 4.68 Å². The van der Waals surface area contributed by atoms with Crippen LogP contribution in [0.1, 0.15) is 5.69 Å². The molecule has 0 bridgehead atoms. The van der Waals surface area contributed by atoms with Gasteiger partial charge in [0.1, 0.15) is 17.2 Å². The normalized spacial score (nSPS) is 11.5. The Kier molecular flexibility index (Phi) is 4.84. The van der Waals surface area contributed by atoms with Gasteiger partial charge in [0.2, 0.25) is 11.7 Å². The van der Waals surface area contributed by atoms with Crippen LogP contribution in [0.5, 0.6) is 23.1 Å². The van der Waals surface area contributed by atoms with Crippen LogP contribution < -0.4 is 15.2 Å². The molecule has 1 aromatic heterocycles. The molecule has 1 heterocycles. The molecule has 0 saturated carbocycles. The Hall–Kier alpha value is -3.37. The number of nitrogen functional groups attached to an aromatic ring is 1. The summed E-state index contributed by atoms with van der Waals surface area (Å²) < 4.78 is 89.5. The predicted molar refractivity (Wildman–Crippen MR) is 85.5 cm³/mol. The maximum absolute atomic E-state index is 13.7. The van der Waals surface area contributed by atoms with Crippen LogP contribution in [0.3, 0.4) is 0 Å². The minimum absolute atomic E-state index is 0.0578. The van der Waals surface area contributed by atoms with Crippen molar-refractivity contribution in [3.8, 4) is 23.1 Å². The molecule has 0 atom stereocenters. The van der Waals surface area contributed by atoms with Crippen molar-refractivity contribution in [3.63, 3.8) is 0 Å². The van der Waals surface area contributed by atoms with E-state index in [2.05, 4.69) is 5.10 Å². The summed E-state index contributed by atoms with van der Waals surface area (Å²) >= 11 is 0. The third kappa shape index (κ3) is 3.97. The fourth-order valence-corrected chi connectivity index (χ4v) is 2.30. The van der Waals surface area contributed by atoms with Gasteiger partial charge in [-0.05, 0) is 12.1 Å². The fourth-order valence-electron chi connectivity index (χ4n) is 2.30. The van der Waals surface area contributed by atoms with Crippen LogP contribution in [0.2, 0.25) is 0 Å². The average molecular weight is 403 g/mol. The number of anilines is 1. The zero-order valence-electron chi connectivity index (χ0n) is 14.0. The molecule has 0 aliphatic rings. The zero-order valence-corrected chi connectivity index (χ0v) is 14.0. The van der Waals surface area contributed by atoms with Crippen LogP contribution in [-0.2, 0) is 13.2 Å². The van der Waals surface area contributed by atoms with Crippen LogP contribution in [0.25, 0.3) is 0 Å². The summed E-state index contributed by atoms with van der Waals surface area (Å²) in [7, 11) is 1.09. The quantitative estimate of drug-likeness (QED) is 0.377. The van der Waals surface area contributed by atoms with E-state index in [1.54, 1.807) is 0 Å². The van der Waals surface area contributed by atoms with E-state index >= 15 is 0 Å². The Labute approximate surface area is 153 Å². The van der Waals surface area contributed by atoms with Crippen LogP contribution in [0.4, 0.5) is 32.0 Å². The van der Waals surface area contributed by atoms with Gasteiger partial charge in [0, 0.05) is 37.0 Å². The zero-order chi connectivity index (χ0) is 20.6. The van der Waals surface area contributed by atoms with E-state index in [0.717, 1.165) is 13.1 Å². The highest BCUT2D eigenvalue weighted by Crippen LogP contribution is 2.35. The van der Waals surface area contributed by atoms with Crippen molar-refractivity contribution >= 4 is 5.69 Å². The number of hydrogen-bond acceptors (Lipinski definition) is 4. The SMILES string of the molecule is Cn1nc(Oc2cc(N)cc(Oc3ccc(F)c(F)c3F)c2)cc1C(F)(F)F. The average Bonchev–Trinajstić information content (AvgIpc) is 2.95. The number of aryl methyl sites for hydroxylation is 1. The molecule has 0 amide bonds. The molecule has 5 nitrogen and oxygen atoms in total. The molecule has 11 heteroatoms. The molecule has 0 aliphatic heterocycles. The second kappa shape index (κ2) is 6.98. The second-order valence-corrected chi connectivity index (χ2v) is 5.60. The van der Waals surface area contributed by atoms with Crippen molar-refractivity contribution in [1.82, 2.24) is 9.78 Å². The Bertz CT molecular complexity index is 1030. The van der Waals surface area contributed by atoms with Crippen LogP contribution >= 0.6 is 0 Å². The molecule has 0 radical (unpaired) electrons. The van der Waals surface area contributed by atoms with E-state index in [-0.39, 0.29) is 23.1 Å². The Morgan fingerprint density at radius 2 is 1.57 bits per heavy atom. The van der Waals surface area contributed by atoms with Crippen molar-refractivity contribution in [2.24, 2.45) is 7.05 Å². The molecular formula is C17H11F6N3O2. The summed E-state index contributed by atoms with van der Waals surface area (Å²) in [6.07, 6.45) is -4.63. The minimum atomic E-state index is -4.63. The standard InChI is InChI=1S/C17H11F6N3O2/c1-26-13(17(21,22)23)7-14(25-26)28-10-5-8(24)4-9(6-10)27-12-3-2-11(18)15(19)16(12)20/h2-7H,24H2,1H3. The molecule has 148 valence electrons. The molecular weight excluding hydrogens is 392 g/mol. The third-order valence-electron chi connectivity index (χ3n) is 3.50. The van der Waals surface area contributed by atoms with E-state index < -0.39 is 35.1 Å². The smallest absolute Gasteiger partial charge is 0.433 e. The highest BCUT2D eigenvalue weighted by atomic mass is 19.4. The Balaban J connectivity index is 1.87. The third-order valence-corrected chi connectivity index (χ3v) is 3.50. The van der Waals surface area contributed by atoms with Gasteiger partial charge in [-0.25, -0.2) is 8.78 Å². The van der Waals surface area contributed by atoms with E-state index in [1.165, 1.54) is 18.2 Å². The summed E-state index contributed by atoms with van der Waals surface area (Å²) in [6, 6.07) is 5.87. The van der Waals surface area contributed by atoms with Crippen molar-refractivity contribution in [2.45, 2.75) is 6.18 Å². The number of alkyl halides is 3. The summed E-state index contributed by atoms with van der Waals surface area (Å²) in [5.74, 6) is -5.83. The first-order valence-electron chi connectivity index (χ1n) is 7.55. The number of ether oxygens (including phenoxy) is 2. The van der Waals surface area contributed by atoms with E-state index in [1.807, 2.05) is 0 Å². The van der Waals surface area contributed by atoms with Crippen LogP contribution in [0.15, 0.2) is 36.4 Å². The van der Waals surface area contributed by atoms with Gasteiger partial charge >= 0.3 is 6.18 Å². The molecule has 3 aromatic rings. The van der Waals surface area contributed by atoms with Crippen molar-refractivity contribution in [2.75, 3.05) is 5.73 Å². The van der Waals surface area contributed by atoms with Crippen molar-refractivity contribution in [3.05, 3.63) is 59.5 Å². The van der Waals surface area contributed by atoms with E-state index in [4.69, 9.17) is 15.2 Å². The Morgan fingerprint density at radius 3 is 2.18 bits per heavy atom. The highest BCUT2D eigenvalue weighted by molar-refractivity contribution is 5.52. The van der Waals surface area contributed by atoms with Gasteiger partial charge in [0.05, 0.1) is 0 Å². The molecule has 0 unspecified atom stereocenters. The predicted octanol–water partition coefficient (Wildman–Crippen LogP) is 5.02. The van der Waals surface area contributed by atoms with Crippen molar-refractivity contribution < 1.29 is 35.8 Å². The molecule has 0 aliphatic carbocycles. The molecule has 2 N–H and O–H groups in total. The largest absolute Gasteiger partial charge is 0.454 e. The summed E-state index contributed by atoms with van der Waals surface area (Å²) in [4.78, 5) is 0. The van der Waals surface area contributed by atoms with Gasteiger partial charge in [0.25, 0.3) is 0 Å². The minimum Gasteiger partial charge on any atom is -0.454 e. The first-order valence-corrected chi connectivity index (χ1v) is 7.55. The summed E-state index contributed by atoms with van der Waals surface area (Å²) in [6.45, 7) is 0. The molecule has 3 rings (SSSR count). The van der Waals surface area contributed by atoms with Crippen LogP contribution in [0, 0.1) is 17.5 Å². The topological polar surface area (TPSA) is 62.3 Å². The number of aromatic nitrogens is 2. The van der Waals surface area contributed by atoms with Crippen LogP contribution in [-0.4, -0.2) is 9.78 Å². The van der Waals surface area contributed by atoms with Gasteiger partial charge in [-0.1, -0.05) is 0 Å². The van der Waals surface area contributed by atoms with Gasteiger partial charge in [0.15, 0.2) is 17.4 Å². The first kappa shape index (κ1) is 19.4. The number of halogens is 6. The summed E-state index contributed by atoms with van der Waals surface area (Å²) in [5.41, 5.74) is 4.69. The molecule has 0 fully saturated rings. The van der Waals surface area contributed by atoms with Gasteiger partial charge in [-0.2, -0.15) is 17.6 Å². The maximum atomic E-state index is 13.7. The molecule has 0 spiro atoms. The fraction of sp³-hybridized carbons (Fsp3) is 0.118. The molecule has 0 saturated heterocycles. The van der Waals surface area contributed by atoms with Gasteiger partial charge < -0.3 is 15.2 Å². The number of nitrogens with zero attached hydrogens (tertiary/aromatic N) is 2. The molecule has 2 aromatic carbocycles. The van der Waals surface area contributed by atoms with Crippen molar-refractivity contribution in [1.29, 1.82) is 0 Å². The maximum Gasteiger partial charge on any atom is 0.433 e. The Morgan fingerprint density at radius 1 is 0.929 bits per heavy atom. The van der Waals surface area contributed by atoms with E-state index in [9.17, 15) is 26.3 Å². The number of rotatable bonds is 4. The lowest BCUT2D eigenvalue weighted by Crippen LogP contribution is -2.11. The van der Waals surface area contributed by atoms with Gasteiger partial charge in [-0.15, -0.1) is 5.10 Å². The second-order valence-electron chi connectivity index (χ2n) is 5.60. The monoisotopic (exact) mass is 403 g/mol.